The minimum absolute atomic E-state index is 0.636. The van der Waals surface area contributed by atoms with Crippen LogP contribution >= 0.6 is 0 Å². The Morgan fingerprint density at radius 3 is 2.86 bits per heavy atom. The van der Waals surface area contributed by atoms with Crippen molar-refractivity contribution >= 4 is 0 Å². The Kier molecular flexibility index (Phi) is 6.19. The minimum Gasteiger partial charge on any atom is -0.376 e. The van der Waals surface area contributed by atoms with Crippen LogP contribution in [0, 0.1) is 0 Å². The molecular formula is C17H23N3O. The van der Waals surface area contributed by atoms with Gasteiger partial charge in [-0.15, -0.1) is 0 Å². The van der Waals surface area contributed by atoms with E-state index in [1.807, 2.05) is 36.0 Å². The summed E-state index contributed by atoms with van der Waals surface area (Å²) in [5.41, 5.74) is 3.50. The molecule has 1 aromatic carbocycles. The third kappa shape index (κ3) is 5.94. The number of hydrogen-bond acceptors (Lipinski definition) is 3. The number of nitrogens with one attached hydrogen (secondary N) is 1. The van der Waals surface area contributed by atoms with Crippen LogP contribution in [0.25, 0.3) is 0 Å². The van der Waals surface area contributed by atoms with E-state index in [-0.39, 0.29) is 0 Å². The molecule has 0 fully saturated rings. The molecule has 0 aliphatic carbocycles. The van der Waals surface area contributed by atoms with E-state index in [0.29, 0.717) is 13.2 Å². The summed E-state index contributed by atoms with van der Waals surface area (Å²) in [6, 6.07) is 10.3. The topological polar surface area (TPSA) is 39.1 Å². The number of rotatable bonds is 9. The van der Waals surface area contributed by atoms with Crippen LogP contribution in [0.2, 0.25) is 0 Å². The maximum absolute atomic E-state index is 5.43. The first-order valence-electron chi connectivity index (χ1n) is 7.22. The maximum Gasteiger partial charge on any atom is 0.0672 e. The molecule has 1 heterocycles. The van der Waals surface area contributed by atoms with Gasteiger partial charge in [-0.3, -0.25) is 4.68 Å². The second-order valence-corrected chi connectivity index (χ2v) is 5.22. The average Bonchev–Trinajstić information content (AvgIpc) is 2.91. The normalized spacial score (nSPS) is 10.7. The Morgan fingerprint density at radius 1 is 1.29 bits per heavy atom. The van der Waals surface area contributed by atoms with E-state index in [4.69, 9.17) is 4.74 Å². The van der Waals surface area contributed by atoms with Crippen LogP contribution in [-0.4, -0.2) is 29.5 Å². The lowest BCUT2D eigenvalue weighted by Gasteiger charge is -2.05. The van der Waals surface area contributed by atoms with E-state index in [1.54, 1.807) is 0 Å². The summed E-state index contributed by atoms with van der Waals surface area (Å²) in [6.45, 7) is 9.55. The van der Waals surface area contributed by atoms with E-state index in [1.165, 1.54) is 11.1 Å². The van der Waals surface area contributed by atoms with Crippen LogP contribution in [0.3, 0.4) is 0 Å². The van der Waals surface area contributed by atoms with Crippen LogP contribution in [0.4, 0.5) is 0 Å². The van der Waals surface area contributed by atoms with E-state index >= 15 is 0 Å². The molecule has 21 heavy (non-hydrogen) atoms. The van der Waals surface area contributed by atoms with Gasteiger partial charge in [-0.1, -0.05) is 42.5 Å². The van der Waals surface area contributed by atoms with Gasteiger partial charge in [-0.2, -0.15) is 5.10 Å². The van der Waals surface area contributed by atoms with Gasteiger partial charge in [0.1, 0.15) is 0 Å². The van der Waals surface area contributed by atoms with Crippen LogP contribution in [-0.2, 0) is 17.8 Å². The number of nitrogens with zero attached hydrogens (tertiary/aromatic N) is 2. The van der Waals surface area contributed by atoms with Gasteiger partial charge >= 0.3 is 0 Å². The van der Waals surface area contributed by atoms with Gasteiger partial charge in [-0.25, -0.2) is 0 Å². The first-order chi connectivity index (χ1) is 10.2. The van der Waals surface area contributed by atoms with Crippen LogP contribution < -0.4 is 5.32 Å². The molecule has 0 aliphatic heterocycles. The first kappa shape index (κ1) is 15.5. The Morgan fingerprint density at radius 2 is 2.10 bits per heavy atom. The molecule has 0 amide bonds. The average molecular weight is 285 g/mol. The highest BCUT2D eigenvalue weighted by Gasteiger charge is 1.99. The number of ether oxygens (including phenoxy) is 1. The Bertz CT molecular complexity index is 548. The monoisotopic (exact) mass is 285 g/mol. The van der Waals surface area contributed by atoms with E-state index in [2.05, 4.69) is 35.3 Å². The van der Waals surface area contributed by atoms with Crippen molar-refractivity contribution < 1.29 is 4.74 Å². The molecule has 0 radical (unpaired) electrons. The van der Waals surface area contributed by atoms with Gasteiger partial charge < -0.3 is 10.1 Å². The molecule has 2 aromatic rings. The molecule has 0 saturated heterocycles. The van der Waals surface area contributed by atoms with Crippen molar-refractivity contribution in [2.75, 3.05) is 19.8 Å². The Labute approximate surface area is 126 Å². The Hall–Kier alpha value is -1.91. The van der Waals surface area contributed by atoms with E-state index < -0.39 is 0 Å². The molecular weight excluding hydrogens is 262 g/mol. The predicted octanol–water partition coefficient (Wildman–Crippen LogP) is 2.61. The first-order valence-corrected chi connectivity index (χ1v) is 7.22. The molecule has 2 rings (SSSR count). The molecule has 0 unspecified atom stereocenters. The standard InChI is InChI=1S/C17H23N3O/c1-15(2)14-21-9-8-18-10-17-11-19-20(13-17)12-16-6-4-3-5-7-16/h3-7,11,13,18H,1,8-10,12,14H2,2H3. The van der Waals surface area contributed by atoms with Gasteiger partial charge in [0.25, 0.3) is 0 Å². The highest BCUT2D eigenvalue weighted by molar-refractivity contribution is 5.15. The summed E-state index contributed by atoms with van der Waals surface area (Å²) in [5.74, 6) is 0. The summed E-state index contributed by atoms with van der Waals surface area (Å²) >= 11 is 0. The van der Waals surface area contributed by atoms with Crippen molar-refractivity contribution in [2.24, 2.45) is 0 Å². The lowest BCUT2D eigenvalue weighted by Crippen LogP contribution is -2.19. The smallest absolute Gasteiger partial charge is 0.0672 e. The van der Waals surface area contributed by atoms with Crippen molar-refractivity contribution in [1.82, 2.24) is 15.1 Å². The zero-order valence-corrected chi connectivity index (χ0v) is 12.6. The molecule has 0 atom stereocenters. The van der Waals surface area contributed by atoms with Crippen molar-refractivity contribution in [1.29, 1.82) is 0 Å². The highest BCUT2D eigenvalue weighted by Crippen LogP contribution is 2.03. The number of hydrogen-bond donors (Lipinski definition) is 1. The second-order valence-electron chi connectivity index (χ2n) is 5.22. The highest BCUT2D eigenvalue weighted by atomic mass is 16.5. The third-order valence-electron chi connectivity index (χ3n) is 2.97. The predicted molar refractivity (Wildman–Crippen MR) is 85.1 cm³/mol. The zero-order chi connectivity index (χ0) is 14.9. The quantitative estimate of drug-likeness (QED) is 0.568. The summed E-state index contributed by atoms with van der Waals surface area (Å²) in [6.07, 6.45) is 3.99. The molecule has 1 aromatic heterocycles. The number of aromatic nitrogens is 2. The van der Waals surface area contributed by atoms with E-state index in [9.17, 15) is 0 Å². The lowest BCUT2D eigenvalue weighted by atomic mass is 10.2. The van der Waals surface area contributed by atoms with Crippen molar-refractivity contribution in [3.8, 4) is 0 Å². The molecule has 4 nitrogen and oxygen atoms in total. The SMILES string of the molecule is C=C(C)COCCNCc1cnn(Cc2ccccc2)c1. The zero-order valence-electron chi connectivity index (χ0n) is 12.6. The summed E-state index contributed by atoms with van der Waals surface area (Å²) in [5, 5.41) is 7.73. The van der Waals surface area contributed by atoms with E-state index in [0.717, 1.165) is 25.2 Å². The van der Waals surface area contributed by atoms with Crippen LogP contribution in [0.5, 0.6) is 0 Å². The summed E-state index contributed by atoms with van der Waals surface area (Å²) in [4.78, 5) is 0. The van der Waals surface area contributed by atoms with Gasteiger partial charge in [-0.05, 0) is 12.5 Å². The number of benzene rings is 1. The van der Waals surface area contributed by atoms with Gasteiger partial charge in [0.05, 0.1) is 26.0 Å². The maximum atomic E-state index is 5.43. The Balaban J connectivity index is 1.67. The molecule has 0 saturated carbocycles. The second kappa shape index (κ2) is 8.39. The van der Waals surface area contributed by atoms with Crippen molar-refractivity contribution in [3.63, 3.8) is 0 Å². The van der Waals surface area contributed by atoms with Gasteiger partial charge in [0.2, 0.25) is 0 Å². The molecule has 0 bridgehead atoms. The third-order valence-corrected chi connectivity index (χ3v) is 2.97. The minimum atomic E-state index is 0.636. The van der Waals surface area contributed by atoms with Crippen LogP contribution in [0.15, 0.2) is 54.9 Å². The van der Waals surface area contributed by atoms with Crippen LogP contribution in [0.1, 0.15) is 18.1 Å². The van der Waals surface area contributed by atoms with Crippen molar-refractivity contribution in [2.45, 2.75) is 20.0 Å². The fourth-order valence-electron chi connectivity index (χ4n) is 1.98. The molecule has 0 aliphatic rings. The molecule has 112 valence electrons. The lowest BCUT2D eigenvalue weighted by molar-refractivity contribution is 0.158. The summed E-state index contributed by atoms with van der Waals surface area (Å²) in [7, 11) is 0. The largest absolute Gasteiger partial charge is 0.376 e. The molecule has 4 heteroatoms. The summed E-state index contributed by atoms with van der Waals surface area (Å²) < 4.78 is 7.40. The fraction of sp³-hybridized carbons (Fsp3) is 0.353. The molecule has 0 spiro atoms. The van der Waals surface area contributed by atoms with Gasteiger partial charge in [0.15, 0.2) is 0 Å². The van der Waals surface area contributed by atoms with Gasteiger partial charge in [0, 0.05) is 24.8 Å². The fourth-order valence-corrected chi connectivity index (χ4v) is 1.98. The molecule has 1 N–H and O–H groups in total. The van der Waals surface area contributed by atoms with Crippen molar-refractivity contribution in [3.05, 3.63) is 66.0 Å².